The van der Waals surface area contributed by atoms with Crippen LogP contribution in [0, 0.1) is 11.8 Å². The van der Waals surface area contributed by atoms with Crippen molar-refractivity contribution < 1.29 is 9.84 Å². The first kappa shape index (κ1) is 17.1. The molecule has 134 valence electrons. The number of piperidine rings is 3. The zero-order chi connectivity index (χ0) is 17.6. The Balaban J connectivity index is 1.71. The summed E-state index contributed by atoms with van der Waals surface area (Å²) in [6, 6.07) is 7.70. The number of halogens is 1. The van der Waals surface area contributed by atoms with E-state index >= 15 is 0 Å². The summed E-state index contributed by atoms with van der Waals surface area (Å²) < 4.78 is 5.36. The largest absolute Gasteiger partial charge is 0.497 e. The maximum atomic E-state index is 11.2. The Morgan fingerprint density at radius 3 is 2.92 bits per heavy atom. The average molecular weight is 361 g/mol. The highest BCUT2D eigenvalue weighted by molar-refractivity contribution is 6.30. The second kappa shape index (κ2) is 6.75. The van der Waals surface area contributed by atoms with Crippen LogP contribution in [0.5, 0.6) is 5.75 Å². The summed E-state index contributed by atoms with van der Waals surface area (Å²) >= 11 is 6.24. The van der Waals surface area contributed by atoms with Crippen molar-refractivity contribution in [1.29, 1.82) is 0 Å². The average Bonchev–Trinajstić information content (AvgIpc) is 2.66. The van der Waals surface area contributed by atoms with Crippen molar-refractivity contribution in [1.82, 2.24) is 9.88 Å². The van der Waals surface area contributed by atoms with E-state index in [1.807, 2.05) is 24.3 Å². The molecule has 5 heteroatoms. The number of rotatable bonds is 4. The molecule has 2 unspecified atom stereocenters. The van der Waals surface area contributed by atoms with Crippen LogP contribution in [-0.2, 0) is 0 Å². The Bertz CT molecular complexity index is 782. The maximum absolute atomic E-state index is 11.2. The molecule has 0 saturated carbocycles. The van der Waals surface area contributed by atoms with Gasteiger partial charge in [0.1, 0.15) is 10.9 Å². The van der Waals surface area contributed by atoms with E-state index < -0.39 is 6.10 Å². The number of aliphatic hydroxyl groups is 1. The molecule has 4 nitrogen and oxygen atoms in total. The number of nitrogens with zero attached hydrogens (tertiary/aromatic N) is 2. The molecule has 5 rings (SSSR count). The number of fused-ring (bicyclic) bond motifs is 4. The smallest absolute Gasteiger partial charge is 0.130 e. The Kier molecular flexibility index (Phi) is 4.61. The molecule has 3 saturated heterocycles. The SMILES string of the molecule is CC[C@H]1CN2CCC1C[C@H]2[C@H](O)c1cc(Cl)nc2ccc(OC)cc12. The Labute approximate surface area is 153 Å². The lowest BCUT2D eigenvalue weighted by Gasteiger charge is -2.51. The first-order valence-corrected chi connectivity index (χ1v) is 9.54. The fourth-order valence-corrected chi connectivity index (χ4v) is 4.96. The molecule has 0 spiro atoms. The van der Waals surface area contributed by atoms with E-state index in [0.29, 0.717) is 5.15 Å². The van der Waals surface area contributed by atoms with Gasteiger partial charge in [0, 0.05) is 18.0 Å². The number of ether oxygens (including phenoxy) is 1. The van der Waals surface area contributed by atoms with Gasteiger partial charge >= 0.3 is 0 Å². The molecule has 5 atom stereocenters. The highest BCUT2D eigenvalue weighted by atomic mass is 35.5. The lowest BCUT2D eigenvalue weighted by atomic mass is 9.72. The predicted molar refractivity (Wildman–Crippen MR) is 100 cm³/mol. The van der Waals surface area contributed by atoms with Gasteiger partial charge in [0.2, 0.25) is 0 Å². The molecule has 0 radical (unpaired) electrons. The molecule has 1 aromatic carbocycles. The highest BCUT2D eigenvalue weighted by Gasteiger charge is 2.42. The molecular weight excluding hydrogens is 336 g/mol. The minimum Gasteiger partial charge on any atom is -0.497 e. The molecule has 2 aromatic rings. The lowest BCUT2D eigenvalue weighted by Crippen LogP contribution is -2.55. The van der Waals surface area contributed by atoms with Crippen LogP contribution in [0.1, 0.15) is 37.9 Å². The molecule has 2 bridgehead atoms. The van der Waals surface area contributed by atoms with Gasteiger partial charge in [0.15, 0.2) is 0 Å². The minimum atomic E-state index is -0.560. The zero-order valence-electron chi connectivity index (χ0n) is 14.8. The van der Waals surface area contributed by atoms with Crippen LogP contribution in [0.15, 0.2) is 24.3 Å². The number of benzene rings is 1. The number of hydrogen-bond acceptors (Lipinski definition) is 4. The molecule has 4 heterocycles. The summed E-state index contributed by atoms with van der Waals surface area (Å²) in [5, 5.41) is 12.6. The number of pyridine rings is 1. The molecule has 1 aromatic heterocycles. The number of aromatic nitrogens is 1. The van der Waals surface area contributed by atoms with Gasteiger partial charge < -0.3 is 9.84 Å². The van der Waals surface area contributed by atoms with E-state index in [-0.39, 0.29) is 6.04 Å². The topological polar surface area (TPSA) is 45.6 Å². The second-order valence-electron chi connectivity index (χ2n) is 7.38. The van der Waals surface area contributed by atoms with Crippen molar-refractivity contribution in [3.8, 4) is 5.75 Å². The van der Waals surface area contributed by atoms with E-state index in [2.05, 4.69) is 16.8 Å². The lowest BCUT2D eigenvalue weighted by molar-refractivity contribution is -0.0562. The summed E-state index contributed by atoms with van der Waals surface area (Å²) in [5.74, 6) is 2.27. The summed E-state index contributed by atoms with van der Waals surface area (Å²) in [4.78, 5) is 6.87. The van der Waals surface area contributed by atoms with Crippen molar-refractivity contribution in [2.75, 3.05) is 20.2 Å². The minimum absolute atomic E-state index is 0.161. The van der Waals surface area contributed by atoms with Crippen molar-refractivity contribution >= 4 is 22.5 Å². The fraction of sp³-hybridized carbons (Fsp3) is 0.550. The molecule has 3 aliphatic heterocycles. The van der Waals surface area contributed by atoms with Gasteiger partial charge in [-0.25, -0.2) is 4.98 Å². The van der Waals surface area contributed by atoms with Gasteiger partial charge in [0.25, 0.3) is 0 Å². The van der Waals surface area contributed by atoms with E-state index in [4.69, 9.17) is 16.3 Å². The zero-order valence-corrected chi connectivity index (χ0v) is 15.5. The van der Waals surface area contributed by atoms with E-state index in [1.165, 1.54) is 12.8 Å². The van der Waals surface area contributed by atoms with E-state index in [9.17, 15) is 5.11 Å². The molecular formula is C20H25ClN2O2. The van der Waals surface area contributed by atoms with E-state index in [1.54, 1.807) is 7.11 Å². The quantitative estimate of drug-likeness (QED) is 0.835. The number of aliphatic hydroxyl groups excluding tert-OH is 1. The van der Waals surface area contributed by atoms with Gasteiger partial charge in [-0.3, -0.25) is 4.90 Å². The first-order valence-electron chi connectivity index (χ1n) is 9.17. The molecule has 3 aliphatic rings. The van der Waals surface area contributed by atoms with Gasteiger partial charge in [0.05, 0.1) is 18.7 Å². The van der Waals surface area contributed by atoms with Crippen LogP contribution in [0.4, 0.5) is 0 Å². The van der Waals surface area contributed by atoms with Gasteiger partial charge in [-0.05, 0) is 61.1 Å². The highest BCUT2D eigenvalue weighted by Crippen LogP contribution is 2.43. The van der Waals surface area contributed by atoms with Crippen LogP contribution in [0.25, 0.3) is 10.9 Å². The Morgan fingerprint density at radius 1 is 1.40 bits per heavy atom. The summed E-state index contributed by atoms with van der Waals surface area (Å²) in [7, 11) is 1.65. The predicted octanol–water partition coefficient (Wildman–Crippen LogP) is 4.05. The molecule has 25 heavy (non-hydrogen) atoms. The first-order chi connectivity index (χ1) is 12.1. The van der Waals surface area contributed by atoms with Gasteiger partial charge in [-0.1, -0.05) is 24.9 Å². The molecule has 3 fully saturated rings. The van der Waals surface area contributed by atoms with Crippen molar-refractivity contribution in [3.05, 3.63) is 35.0 Å². The van der Waals surface area contributed by atoms with Gasteiger partial charge in [-0.15, -0.1) is 0 Å². The second-order valence-corrected chi connectivity index (χ2v) is 7.76. The van der Waals surface area contributed by atoms with Crippen LogP contribution in [0.3, 0.4) is 0 Å². The summed E-state index contributed by atoms with van der Waals surface area (Å²) in [6.07, 6.45) is 2.99. The third kappa shape index (κ3) is 3.01. The summed E-state index contributed by atoms with van der Waals surface area (Å²) in [5.41, 5.74) is 1.66. The van der Waals surface area contributed by atoms with Crippen LogP contribution >= 0.6 is 11.6 Å². The Hall–Kier alpha value is -1.36. The summed E-state index contributed by atoms with van der Waals surface area (Å²) in [6.45, 7) is 4.46. The van der Waals surface area contributed by atoms with Crippen molar-refractivity contribution in [3.63, 3.8) is 0 Å². The number of methoxy groups -OCH3 is 1. The van der Waals surface area contributed by atoms with E-state index in [0.717, 1.165) is 53.6 Å². The van der Waals surface area contributed by atoms with Crippen LogP contribution in [0.2, 0.25) is 5.15 Å². The van der Waals surface area contributed by atoms with Crippen LogP contribution in [-0.4, -0.2) is 41.2 Å². The molecule has 1 N–H and O–H groups in total. The third-order valence-electron chi connectivity index (χ3n) is 6.16. The van der Waals surface area contributed by atoms with Gasteiger partial charge in [-0.2, -0.15) is 0 Å². The normalized spacial score (nSPS) is 29.8. The fourth-order valence-electron chi connectivity index (χ4n) is 4.75. The standard InChI is InChI=1S/C20H25ClN2O2/c1-3-12-11-23-7-6-13(12)8-18(23)20(24)16-10-19(21)22-17-5-4-14(25-2)9-15(16)17/h4-5,9-10,12-13,18,20,24H,3,6-8,11H2,1-2H3/t12-,13?,18-,20+/m0/s1. The monoisotopic (exact) mass is 360 g/mol. The van der Waals surface area contributed by atoms with Crippen molar-refractivity contribution in [2.24, 2.45) is 11.8 Å². The number of hydrogen-bond donors (Lipinski definition) is 1. The third-order valence-corrected chi connectivity index (χ3v) is 6.35. The van der Waals surface area contributed by atoms with Crippen LogP contribution < -0.4 is 4.74 Å². The Morgan fingerprint density at radius 2 is 2.24 bits per heavy atom. The maximum Gasteiger partial charge on any atom is 0.130 e. The molecule has 0 aliphatic carbocycles. The molecule has 0 amide bonds. The van der Waals surface area contributed by atoms with Crippen molar-refractivity contribution in [2.45, 2.75) is 38.3 Å².